The van der Waals surface area contributed by atoms with Crippen LogP contribution in [-0.2, 0) is 11.3 Å². The summed E-state index contributed by atoms with van der Waals surface area (Å²) in [5, 5.41) is 22.3. The number of hydrogen-bond donors (Lipinski definition) is 3. The van der Waals surface area contributed by atoms with Crippen molar-refractivity contribution >= 4 is 38.5 Å². The third-order valence-corrected chi connectivity index (χ3v) is 5.93. The molecule has 6 heteroatoms. The lowest BCUT2D eigenvalue weighted by molar-refractivity contribution is -0.695. The molecule has 0 amide bonds. The van der Waals surface area contributed by atoms with E-state index in [-0.39, 0.29) is 0 Å². The number of fused-ring (bicyclic) bond motifs is 4. The molecule has 3 N–H and O–H groups in total. The van der Waals surface area contributed by atoms with Crippen LogP contribution in [0.3, 0.4) is 0 Å². The smallest absolute Gasteiger partial charge is 0.300 e. The van der Waals surface area contributed by atoms with E-state index < -0.39 is 5.97 Å². The minimum absolute atomic E-state index is 0.308. The van der Waals surface area contributed by atoms with Gasteiger partial charge in [-0.15, -0.1) is 0 Å². The molecule has 0 radical (unpaired) electrons. The predicted molar refractivity (Wildman–Crippen MR) is 126 cm³/mol. The summed E-state index contributed by atoms with van der Waals surface area (Å²) in [4.78, 5) is 15.0. The van der Waals surface area contributed by atoms with Gasteiger partial charge in [0.1, 0.15) is 5.75 Å². The second kappa shape index (κ2) is 9.35. The highest BCUT2D eigenvalue weighted by atomic mass is 16.4. The average molecular weight is 423 g/mol. The zero-order valence-corrected chi connectivity index (χ0v) is 19.0. The van der Waals surface area contributed by atoms with Crippen LogP contribution in [0.1, 0.15) is 31.9 Å². The number of carbonyl (C=O) groups is 1. The number of aryl methyl sites for hydroxylation is 2. The zero-order chi connectivity index (χ0) is 22.7. The number of rotatable bonds is 5. The number of phenols is 1. The molecule has 0 fully saturated rings. The molecule has 164 valence electrons. The summed E-state index contributed by atoms with van der Waals surface area (Å²) in [6, 6.07) is 7.80. The summed E-state index contributed by atoms with van der Waals surface area (Å²) in [7, 11) is 0. The number of aliphatic carboxylic acids is 1. The standard InChI is InChI=1S/C23H27N3O.C2H4O2/c1-5-25(6-2)11-12-26-10-9-18-16(4)23-22(15(3)20(18)14-26)19-13-17(27)7-8-21(19)24-23;1-2(3)4/h7-10,13-14,27H,5-6,11-12H2,1-4H3;1H3,(H,3,4)/p+1. The van der Waals surface area contributed by atoms with Gasteiger partial charge in [-0.3, -0.25) is 9.69 Å². The maximum Gasteiger partial charge on any atom is 0.300 e. The maximum atomic E-state index is 9.97. The van der Waals surface area contributed by atoms with Crippen LogP contribution in [0.2, 0.25) is 0 Å². The van der Waals surface area contributed by atoms with Gasteiger partial charge in [-0.1, -0.05) is 13.8 Å². The van der Waals surface area contributed by atoms with Crippen molar-refractivity contribution < 1.29 is 19.6 Å². The predicted octanol–water partition coefficient (Wildman–Crippen LogP) is 4.52. The summed E-state index contributed by atoms with van der Waals surface area (Å²) in [5.41, 5.74) is 4.76. The van der Waals surface area contributed by atoms with Gasteiger partial charge in [0.2, 0.25) is 0 Å². The van der Waals surface area contributed by atoms with E-state index in [1.54, 1.807) is 6.07 Å². The van der Waals surface area contributed by atoms with Gasteiger partial charge in [0.15, 0.2) is 18.9 Å². The van der Waals surface area contributed by atoms with Crippen LogP contribution < -0.4 is 4.57 Å². The number of aromatic amines is 1. The summed E-state index contributed by atoms with van der Waals surface area (Å²) in [5.74, 6) is -0.525. The number of aromatic nitrogens is 2. The number of phenolic OH excluding ortho intramolecular Hbond substituents is 1. The molecule has 4 rings (SSSR count). The lowest BCUT2D eigenvalue weighted by Gasteiger charge is -2.15. The zero-order valence-electron chi connectivity index (χ0n) is 19.0. The van der Waals surface area contributed by atoms with Crippen LogP contribution >= 0.6 is 0 Å². The minimum Gasteiger partial charge on any atom is -0.508 e. The Hall–Kier alpha value is -3.12. The second-order valence-electron chi connectivity index (χ2n) is 7.91. The van der Waals surface area contributed by atoms with Crippen molar-refractivity contribution in [3.63, 3.8) is 0 Å². The molecule has 0 saturated heterocycles. The molecule has 31 heavy (non-hydrogen) atoms. The largest absolute Gasteiger partial charge is 0.508 e. The van der Waals surface area contributed by atoms with E-state index in [9.17, 15) is 5.11 Å². The second-order valence-corrected chi connectivity index (χ2v) is 7.91. The number of benzene rings is 2. The average Bonchev–Trinajstić information content (AvgIpc) is 3.11. The SMILES string of the molecule is CC(=O)O.CCN(CC)CC[n+]1ccc2c(C)c3[nH]c4ccc(O)cc4c3c(C)c2c1. The quantitative estimate of drug-likeness (QED) is 0.413. The lowest BCUT2D eigenvalue weighted by atomic mass is 9.97. The summed E-state index contributed by atoms with van der Waals surface area (Å²) in [6.45, 7) is 14.1. The van der Waals surface area contributed by atoms with Crippen molar-refractivity contribution in [1.82, 2.24) is 9.88 Å². The highest BCUT2D eigenvalue weighted by Crippen LogP contribution is 2.37. The highest BCUT2D eigenvalue weighted by Gasteiger charge is 2.17. The van der Waals surface area contributed by atoms with Crippen molar-refractivity contribution in [2.24, 2.45) is 0 Å². The Kier molecular flexibility index (Phi) is 6.81. The number of H-pyrrole nitrogens is 1. The molecule has 0 aliphatic carbocycles. The highest BCUT2D eigenvalue weighted by molar-refractivity contribution is 6.16. The first kappa shape index (κ1) is 22.6. The molecule has 6 nitrogen and oxygen atoms in total. The van der Waals surface area contributed by atoms with Gasteiger partial charge in [-0.05, 0) is 61.6 Å². The molecule has 0 aliphatic heterocycles. The van der Waals surface area contributed by atoms with E-state index in [4.69, 9.17) is 9.90 Å². The first-order valence-electron chi connectivity index (χ1n) is 10.7. The van der Waals surface area contributed by atoms with E-state index in [2.05, 4.69) is 60.6 Å². The van der Waals surface area contributed by atoms with Crippen LogP contribution in [0.4, 0.5) is 0 Å². The fraction of sp³-hybridized carbons (Fsp3) is 0.360. The van der Waals surface area contributed by atoms with E-state index >= 15 is 0 Å². The maximum absolute atomic E-state index is 9.97. The van der Waals surface area contributed by atoms with Crippen LogP contribution in [0, 0.1) is 13.8 Å². The van der Waals surface area contributed by atoms with Gasteiger partial charge in [-0.25, -0.2) is 4.57 Å². The van der Waals surface area contributed by atoms with Crippen LogP contribution in [0.25, 0.3) is 32.6 Å². The Morgan fingerprint density at radius 1 is 1.06 bits per heavy atom. The van der Waals surface area contributed by atoms with Crippen molar-refractivity contribution in [2.75, 3.05) is 19.6 Å². The molecule has 0 bridgehead atoms. The molecule has 0 spiro atoms. The molecule has 0 unspecified atom stereocenters. The van der Waals surface area contributed by atoms with Gasteiger partial charge < -0.3 is 15.2 Å². The van der Waals surface area contributed by atoms with Crippen molar-refractivity contribution in [3.8, 4) is 5.75 Å². The molecule has 0 aliphatic rings. The monoisotopic (exact) mass is 422 g/mol. The van der Waals surface area contributed by atoms with Crippen LogP contribution in [0.5, 0.6) is 5.75 Å². The first-order chi connectivity index (χ1) is 14.8. The van der Waals surface area contributed by atoms with E-state index in [1.165, 1.54) is 32.8 Å². The number of nitrogens with zero attached hydrogens (tertiary/aromatic N) is 2. The fourth-order valence-corrected chi connectivity index (χ4v) is 4.22. The van der Waals surface area contributed by atoms with Gasteiger partial charge >= 0.3 is 0 Å². The van der Waals surface area contributed by atoms with Gasteiger partial charge in [0.25, 0.3) is 5.97 Å². The number of carboxylic acids is 1. The van der Waals surface area contributed by atoms with E-state index in [0.717, 1.165) is 44.0 Å². The van der Waals surface area contributed by atoms with Crippen LogP contribution in [-0.4, -0.2) is 45.7 Å². The number of aromatic hydroxyl groups is 1. The minimum atomic E-state index is -0.833. The molecular weight excluding hydrogens is 390 g/mol. The van der Waals surface area contributed by atoms with Crippen molar-refractivity contribution in [1.29, 1.82) is 0 Å². The van der Waals surface area contributed by atoms with Crippen LogP contribution in [0.15, 0.2) is 36.7 Å². The Labute approximate surface area is 182 Å². The Morgan fingerprint density at radius 3 is 2.39 bits per heavy atom. The number of carboxylic acid groups (broad SMARTS) is 1. The molecular formula is C25H32N3O3+. The summed E-state index contributed by atoms with van der Waals surface area (Å²) in [6.07, 6.45) is 4.47. The lowest BCUT2D eigenvalue weighted by Crippen LogP contribution is -2.40. The molecule has 0 atom stereocenters. The third-order valence-electron chi connectivity index (χ3n) is 5.93. The first-order valence-corrected chi connectivity index (χ1v) is 10.7. The topological polar surface area (TPSA) is 80.4 Å². The van der Waals surface area contributed by atoms with Crippen molar-refractivity contribution in [3.05, 3.63) is 47.8 Å². The summed E-state index contributed by atoms with van der Waals surface area (Å²) < 4.78 is 2.30. The molecule has 2 heterocycles. The normalized spacial score (nSPS) is 11.3. The van der Waals surface area contributed by atoms with E-state index in [1.807, 2.05) is 12.1 Å². The number of nitrogens with one attached hydrogen (secondary N) is 1. The van der Waals surface area contributed by atoms with Gasteiger partial charge in [0, 0.05) is 34.7 Å². The fourth-order valence-electron chi connectivity index (χ4n) is 4.22. The molecule has 0 saturated carbocycles. The Bertz CT molecular complexity index is 1240. The molecule has 4 aromatic rings. The number of likely N-dealkylation sites (N-methyl/N-ethyl adjacent to an activating group) is 1. The van der Waals surface area contributed by atoms with Gasteiger partial charge in [-0.2, -0.15) is 0 Å². The number of pyridine rings is 1. The summed E-state index contributed by atoms with van der Waals surface area (Å²) >= 11 is 0. The Morgan fingerprint density at radius 2 is 1.74 bits per heavy atom. The third kappa shape index (κ3) is 4.64. The number of hydrogen-bond acceptors (Lipinski definition) is 3. The van der Waals surface area contributed by atoms with Crippen molar-refractivity contribution in [2.45, 2.75) is 41.2 Å². The Balaban J connectivity index is 0.000000628. The molecule has 2 aromatic carbocycles. The van der Waals surface area contributed by atoms with E-state index in [0.29, 0.717) is 5.75 Å². The van der Waals surface area contributed by atoms with Gasteiger partial charge in [0.05, 0.1) is 12.1 Å². The molecule has 2 aromatic heterocycles.